The van der Waals surface area contributed by atoms with Gasteiger partial charge < -0.3 is 14.6 Å². The van der Waals surface area contributed by atoms with Crippen LogP contribution in [-0.2, 0) is 0 Å². The molecule has 0 aliphatic rings. The molecule has 0 amide bonds. The summed E-state index contributed by atoms with van der Waals surface area (Å²) in [6.07, 6.45) is 1.27. The number of rotatable bonds is 0. The van der Waals surface area contributed by atoms with E-state index in [0.717, 1.165) is 0 Å². The molecule has 0 radical (unpaired) electrons. The van der Waals surface area contributed by atoms with E-state index in [2.05, 4.69) is 4.42 Å². The summed E-state index contributed by atoms with van der Waals surface area (Å²) >= 11 is 0. The molecule has 1 aromatic rings. The van der Waals surface area contributed by atoms with Gasteiger partial charge in [-0.25, -0.2) is 0 Å². The fourth-order valence-corrected chi connectivity index (χ4v) is 0.556. The minimum atomic E-state index is -0.499. The molecule has 1 aromatic heterocycles. The van der Waals surface area contributed by atoms with Crippen molar-refractivity contribution in [2.45, 2.75) is 0 Å². The van der Waals surface area contributed by atoms with E-state index in [1.54, 1.807) is 24.3 Å². The highest BCUT2D eigenvalue weighted by molar-refractivity contribution is 5.24. The molecule has 0 aromatic carbocycles. The summed E-state index contributed by atoms with van der Waals surface area (Å²) < 4.78 is 4.58. The predicted octanol–water partition coefficient (Wildman–Crippen LogP) is 1.82. The van der Waals surface area contributed by atoms with E-state index in [1.807, 2.05) is 0 Å². The van der Waals surface area contributed by atoms with Crippen LogP contribution in [0.5, 0.6) is 11.7 Å². The lowest BCUT2D eigenvalue weighted by Crippen LogP contribution is -1.58. The fraction of sp³-hybridized carbons (Fsp3) is 0. The van der Waals surface area contributed by atoms with E-state index in [0.29, 0.717) is 0 Å². The van der Waals surface area contributed by atoms with E-state index in [4.69, 9.17) is 10.2 Å². The van der Waals surface area contributed by atoms with Crippen molar-refractivity contribution in [1.82, 2.24) is 0 Å². The molecule has 1 rings (SSSR count). The Morgan fingerprint density at radius 3 is 2.55 bits per heavy atom. The van der Waals surface area contributed by atoms with Crippen LogP contribution in [0.2, 0.25) is 0 Å². The molecule has 58 valence electrons. The second-order valence-electron chi connectivity index (χ2n) is 1.88. The molecule has 0 spiro atoms. The maximum Gasteiger partial charge on any atom is 0.325 e. The van der Waals surface area contributed by atoms with Crippen LogP contribution in [-0.4, -0.2) is 10.2 Å². The third-order valence-corrected chi connectivity index (χ3v) is 1.06. The molecule has 0 unspecified atom stereocenters. The largest absolute Gasteiger partial charge is 0.502 e. The Bertz CT molecular complexity index is 250. The third kappa shape index (κ3) is 2.21. The van der Waals surface area contributed by atoms with Gasteiger partial charge >= 0.3 is 5.95 Å². The Balaban J connectivity index is 3.28. The lowest BCUT2D eigenvalue weighted by atomic mass is 10.4. The number of hydrogen-bond donors (Lipinski definition) is 2. The van der Waals surface area contributed by atoms with E-state index < -0.39 is 5.95 Å². The zero-order valence-corrected chi connectivity index (χ0v) is 5.77. The van der Waals surface area contributed by atoms with Crippen LogP contribution in [0.4, 0.5) is 0 Å². The smallest absolute Gasteiger partial charge is 0.325 e. The van der Waals surface area contributed by atoms with Crippen LogP contribution in [0.15, 0.2) is 41.0 Å². The van der Waals surface area contributed by atoms with Crippen molar-refractivity contribution >= 4 is 0 Å². The first-order valence-corrected chi connectivity index (χ1v) is 3.09. The van der Waals surface area contributed by atoms with E-state index >= 15 is 0 Å². The second-order valence-corrected chi connectivity index (χ2v) is 1.88. The van der Waals surface area contributed by atoms with Crippen LogP contribution in [0, 0.1) is 0 Å². The van der Waals surface area contributed by atoms with Gasteiger partial charge in [-0.1, -0.05) is 18.2 Å². The molecular weight excluding hydrogens is 144 g/mol. The highest BCUT2D eigenvalue weighted by Crippen LogP contribution is 2.19. The Labute approximate surface area is 63.9 Å². The quantitative estimate of drug-likeness (QED) is 0.596. The van der Waals surface area contributed by atoms with Gasteiger partial charge in [-0.15, -0.1) is 0 Å². The molecule has 2 N–H and O–H groups in total. The molecule has 0 bridgehead atoms. The van der Waals surface area contributed by atoms with Gasteiger partial charge in [-0.2, -0.15) is 0 Å². The number of aromatic hydroxyl groups is 2. The maximum atomic E-state index is 8.96. The minimum Gasteiger partial charge on any atom is -0.502 e. The van der Waals surface area contributed by atoms with E-state index in [1.165, 1.54) is 12.3 Å². The highest BCUT2D eigenvalue weighted by atomic mass is 16.5. The Morgan fingerprint density at radius 1 is 1.00 bits per heavy atom. The first-order valence-electron chi connectivity index (χ1n) is 3.09. The summed E-state index contributed by atoms with van der Waals surface area (Å²) in [5.74, 6) is -0.789. The van der Waals surface area contributed by atoms with Gasteiger partial charge in [0.05, 0.1) is 6.26 Å². The van der Waals surface area contributed by atoms with Crippen molar-refractivity contribution in [3.05, 3.63) is 36.6 Å². The first kappa shape index (κ1) is 7.47. The molecule has 0 saturated heterocycles. The fourth-order valence-electron chi connectivity index (χ4n) is 0.556. The summed E-state index contributed by atoms with van der Waals surface area (Å²) in [5.41, 5.74) is 0. The molecule has 1 heterocycles. The van der Waals surface area contributed by atoms with Gasteiger partial charge in [0, 0.05) is 0 Å². The molecular formula is C8H8O3. The van der Waals surface area contributed by atoms with Crippen LogP contribution in [0.1, 0.15) is 0 Å². The van der Waals surface area contributed by atoms with Gasteiger partial charge in [0.25, 0.3) is 0 Å². The van der Waals surface area contributed by atoms with E-state index in [9.17, 15) is 0 Å². The van der Waals surface area contributed by atoms with Gasteiger partial charge in [0.2, 0.25) is 0 Å². The van der Waals surface area contributed by atoms with Crippen molar-refractivity contribution in [3.8, 4) is 11.7 Å². The van der Waals surface area contributed by atoms with Crippen molar-refractivity contribution in [2.24, 2.45) is 0 Å². The monoisotopic (exact) mass is 152 g/mol. The zero-order chi connectivity index (χ0) is 8.10. The lowest BCUT2D eigenvalue weighted by molar-refractivity contribution is 0.294. The van der Waals surface area contributed by atoms with Gasteiger partial charge in [-0.05, 0) is 12.1 Å². The lowest BCUT2D eigenvalue weighted by Gasteiger charge is -1.86. The standard InChI is InChI=1S/C8H8O3/c9-7-5-3-1-2-4-6-11-8(7)10/h1-6,9-10H. The maximum absolute atomic E-state index is 8.96. The predicted molar refractivity (Wildman–Crippen MR) is 39.7 cm³/mol. The summed E-state index contributed by atoms with van der Waals surface area (Å²) in [6.45, 7) is 0. The minimum absolute atomic E-state index is 0.291. The summed E-state index contributed by atoms with van der Waals surface area (Å²) in [7, 11) is 0. The van der Waals surface area contributed by atoms with Crippen LogP contribution < -0.4 is 0 Å². The third-order valence-electron chi connectivity index (χ3n) is 1.06. The summed E-state index contributed by atoms with van der Waals surface area (Å²) in [5, 5.41) is 17.8. The summed E-state index contributed by atoms with van der Waals surface area (Å²) in [6, 6.07) is 7.93. The van der Waals surface area contributed by atoms with Crippen molar-refractivity contribution in [2.75, 3.05) is 0 Å². The topological polar surface area (TPSA) is 53.6 Å². The van der Waals surface area contributed by atoms with Crippen LogP contribution in [0.3, 0.4) is 0 Å². The first-order chi connectivity index (χ1) is 5.30. The van der Waals surface area contributed by atoms with E-state index in [-0.39, 0.29) is 5.75 Å². The SMILES string of the molecule is Oc1ccccccoc1O. The van der Waals surface area contributed by atoms with Gasteiger partial charge in [-0.3, -0.25) is 0 Å². The summed E-state index contributed by atoms with van der Waals surface area (Å²) in [4.78, 5) is 0. The zero-order valence-electron chi connectivity index (χ0n) is 5.77. The molecule has 3 heteroatoms. The average Bonchev–Trinajstić information content (AvgIpc) is 2.07. The van der Waals surface area contributed by atoms with Crippen LogP contribution in [0.25, 0.3) is 0 Å². The molecule has 0 aliphatic heterocycles. The Kier molecular flexibility index (Phi) is 2.38. The van der Waals surface area contributed by atoms with Gasteiger partial charge in [0.1, 0.15) is 0 Å². The molecule has 0 fully saturated rings. The molecule has 0 aliphatic carbocycles. The molecule has 3 nitrogen and oxygen atoms in total. The molecule has 0 saturated carbocycles. The average molecular weight is 152 g/mol. The molecule has 0 atom stereocenters. The van der Waals surface area contributed by atoms with Crippen molar-refractivity contribution < 1.29 is 14.6 Å². The second kappa shape index (κ2) is 3.51. The highest BCUT2D eigenvalue weighted by Gasteiger charge is 1.91. The normalized spacial score (nSPS) is 8.73. The van der Waals surface area contributed by atoms with Crippen molar-refractivity contribution in [3.63, 3.8) is 0 Å². The number of hydrogen-bond acceptors (Lipinski definition) is 3. The van der Waals surface area contributed by atoms with Crippen molar-refractivity contribution in [1.29, 1.82) is 0 Å². The van der Waals surface area contributed by atoms with Gasteiger partial charge in [0.15, 0.2) is 5.75 Å². The Hall–Kier alpha value is -1.64. The molecule has 11 heavy (non-hydrogen) atoms. The van der Waals surface area contributed by atoms with Crippen LogP contribution >= 0.6 is 0 Å². The Morgan fingerprint density at radius 2 is 1.73 bits per heavy atom.